The number of esters is 1. The highest BCUT2D eigenvalue weighted by Crippen LogP contribution is 2.41. The van der Waals surface area contributed by atoms with Crippen molar-refractivity contribution in [1.82, 2.24) is 0 Å². The highest BCUT2D eigenvalue weighted by molar-refractivity contribution is 7.99. The fraction of sp³-hybridized carbons (Fsp3) is 0.278. The average molecular weight is 332 g/mol. The van der Waals surface area contributed by atoms with Gasteiger partial charge < -0.3 is 14.2 Å². The van der Waals surface area contributed by atoms with Gasteiger partial charge in [0.1, 0.15) is 11.5 Å². The topological polar surface area (TPSA) is 44.8 Å². The molecule has 0 aliphatic carbocycles. The number of ether oxygens (including phenoxy) is 3. The summed E-state index contributed by atoms with van der Waals surface area (Å²) >= 11 is 1.48. The second-order valence-corrected chi connectivity index (χ2v) is 5.85. The van der Waals surface area contributed by atoms with Crippen LogP contribution in [0.2, 0.25) is 0 Å². The molecule has 5 heteroatoms. The van der Waals surface area contributed by atoms with Gasteiger partial charge in [0, 0.05) is 11.0 Å². The van der Waals surface area contributed by atoms with Crippen LogP contribution in [0.1, 0.15) is 22.8 Å². The summed E-state index contributed by atoms with van der Waals surface area (Å²) in [6, 6.07) is 11.2. The summed E-state index contributed by atoms with van der Waals surface area (Å²) in [5.74, 6) is 1.13. The minimum absolute atomic E-state index is 0.319. The summed E-state index contributed by atoms with van der Waals surface area (Å²) in [5.41, 5.74) is 1.57. The summed E-state index contributed by atoms with van der Waals surface area (Å²) < 4.78 is 15.9. The highest BCUT2D eigenvalue weighted by Gasteiger charge is 2.17. The Bertz CT molecular complexity index is 697. The van der Waals surface area contributed by atoms with Gasteiger partial charge in [0.15, 0.2) is 0 Å². The minimum atomic E-state index is -0.319. The number of rotatable bonds is 6. The maximum atomic E-state index is 12.1. The van der Waals surface area contributed by atoms with E-state index in [2.05, 4.69) is 0 Å². The number of methoxy groups -OCH3 is 2. The second kappa shape index (κ2) is 7.92. The summed E-state index contributed by atoms with van der Waals surface area (Å²) in [4.78, 5) is 13.9. The summed E-state index contributed by atoms with van der Waals surface area (Å²) in [5, 5.41) is 0. The van der Waals surface area contributed by atoms with Crippen LogP contribution < -0.4 is 9.47 Å². The molecule has 4 nitrogen and oxygen atoms in total. The van der Waals surface area contributed by atoms with Crippen molar-refractivity contribution in [1.29, 1.82) is 0 Å². The SMILES string of the molecule is CCOC(=O)c1ccccc1Sc1c(C)cc(OC)cc1OC. The molecule has 0 unspecified atom stereocenters. The van der Waals surface area contributed by atoms with Crippen molar-refractivity contribution in [2.45, 2.75) is 23.6 Å². The maximum Gasteiger partial charge on any atom is 0.339 e. The molecule has 0 aliphatic rings. The monoisotopic (exact) mass is 332 g/mol. The van der Waals surface area contributed by atoms with Gasteiger partial charge in [-0.3, -0.25) is 0 Å². The predicted molar refractivity (Wildman–Crippen MR) is 90.8 cm³/mol. The Hall–Kier alpha value is -2.14. The van der Waals surface area contributed by atoms with E-state index < -0.39 is 0 Å². The Morgan fingerprint density at radius 3 is 2.52 bits per heavy atom. The summed E-state index contributed by atoms with van der Waals surface area (Å²) in [7, 11) is 3.24. The van der Waals surface area contributed by atoms with Crippen LogP contribution in [0, 0.1) is 6.92 Å². The predicted octanol–water partition coefficient (Wildman–Crippen LogP) is 4.34. The van der Waals surface area contributed by atoms with E-state index in [1.54, 1.807) is 27.2 Å². The van der Waals surface area contributed by atoms with Gasteiger partial charge in [0.05, 0.1) is 31.3 Å². The zero-order valence-electron chi connectivity index (χ0n) is 13.7. The van der Waals surface area contributed by atoms with E-state index in [-0.39, 0.29) is 5.97 Å². The largest absolute Gasteiger partial charge is 0.497 e. The van der Waals surface area contributed by atoms with E-state index in [0.29, 0.717) is 17.9 Å². The lowest BCUT2D eigenvalue weighted by Gasteiger charge is -2.14. The van der Waals surface area contributed by atoms with Gasteiger partial charge in [-0.2, -0.15) is 0 Å². The average Bonchev–Trinajstić information content (AvgIpc) is 2.57. The smallest absolute Gasteiger partial charge is 0.339 e. The lowest BCUT2D eigenvalue weighted by Crippen LogP contribution is -2.06. The number of aryl methyl sites for hydroxylation is 1. The zero-order valence-corrected chi connectivity index (χ0v) is 14.5. The van der Waals surface area contributed by atoms with E-state index >= 15 is 0 Å². The molecule has 0 N–H and O–H groups in total. The van der Waals surface area contributed by atoms with Gasteiger partial charge in [-0.15, -0.1) is 0 Å². The Kier molecular flexibility index (Phi) is 5.93. The van der Waals surface area contributed by atoms with Gasteiger partial charge in [0.2, 0.25) is 0 Å². The van der Waals surface area contributed by atoms with Gasteiger partial charge in [-0.25, -0.2) is 4.79 Å². The molecule has 0 fully saturated rings. The summed E-state index contributed by atoms with van der Waals surface area (Å²) in [6.07, 6.45) is 0. The normalized spacial score (nSPS) is 10.3. The third-order valence-corrected chi connectivity index (χ3v) is 4.57. The third-order valence-electron chi connectivity index (χ3n) is 3.26. The maximum absolute atomic E-state index is 12.1. The molecule has 0 saturated carbocycles. The van der Waals surface area contributed by atoms with Crippen LogP contribution >= 0.6 is 11.8 Å². The molecular formula is C18H20O4S. The molecule has 122 valence electrons. The molecule has 23 heavy (non-hydrogen) atoms. The first kappa shape index (κ1) is 17.2. The molecule has 0 radical (unpaired) electrons. The lowest BCUT2D eigenvalue weighted by molar-refractivity contribution is 0.0522. The molecule has 0 aromatic heterocycles. The number of hydrogen-bond acceptors (Lipinski definition) is 5. The molecule has 0 saturated heterocycles. The van der Waals surface area contributed by atoms with Crippen molar-refractivity contribution in [2.75, 3.05) is 20.8 Å². The number of benzene rings is 2. The molecule has 0 amide bonds. The zero-order chi connectivity index (χ0) is 16.8. The van der Waals surface area contributed by atoms with Crippen LogP contribution in [-0.2, 0) is 4.74 Å². The molecule has 2 rings (SSSR count). The van der Waals surface area contributed by atoms with E-state index in [1.807, 2.05) is 37.3 Å². The quantitative estimate of drug-likeness (QED) is 0.736. The molecule has 0 spiro atoms. The first-order valence-corrected chi connectivity index (χ1v) is 8.09. The van der Waals surface area contributed by atoms with Crippen molar-refractivity contribution in [3.05, 3.63) is 47.5 Å². The Morgan fingerprint density at radius 2 is 1.87 bits per heavy atom. The van der Waals surface area contributed by atoms with Gasteiger partial charge in [0.25, 0.3) is 0 Å². The van der Waals surface area contributed by atoms with Crippen LogP contribution in [0.25, 0.3) is 0 Å². The van der Waals surface area contributed by atoms with E-state index in [0.717, 1.165) is 21.1 Å². The van der Waals surface area contributed by atoms with E-state index in [1.165, 1.54) is 11.8 Å². The molecule has 0 heterocycles. The van der Waals surface area contributed by atoms with Gasteiger partial charge >= 0.3 is 5.97 Å². The minimum Gasteiger partial charge on any atom is -0.497 e. The van der Waals surface area contributed by atoms with Crippen molar-refractivity contribution < 1.29 is 19.0 Å². The Labute approximate surface area is 140 Å². The van der Waals surface area contributed by atoms with Crippen molar-refractivity contribution in [2.24, 2.45) is 0 Å². The molecule has 2 aromatic carbocycles. The Balaban J connectivity index is 2.42. The van der Waals surface area contributed by atoms with E-state index in [9.17, 15) is 4.79 Å². The number of carbonyl (C=O) groups is 1. The van der Waals surface area contributed by atoms with Crippen LogP contribution in [-0.4, -0.2) is 26.8 Å². The molecule has 0 atom stereocenters. The first-order chi connectivity index (χ1) is 11.1. The lowest BCUT2D eigenvalue weighted by atomic mass is 10.2. The van der Waals surface area contributed by atoms with Crippen molar-refractivity contribution in [3.63, 3.8) is 0 Å². The van der Waals surface area contributed by atoms with Crippen molar-refractivity contribution >= 4 is 17.7 Å². The fourth-order valence-corrected chi connectivity index (χ4v) is 3.24. The Morgan fingerprint density at radius 1 is 1.13 bits per heavy atom. The molecule has 0 aliphatic heterocycles. The van der Waals surface area contributed by atoms with Crippen LogP contribution in [0.15, 0.2) is 46.2 Å². The third kappa shape index (κ3) is 3.99. The first-order valence-electron chi connectivity index (χ1n) is 7.27. The fourth-order valence-electron chi connectivity index (χ4n) is 2.15. The van der Waals surface area contributed by atoms with Gasteiger partial charge in [-0.05, 0) is 37.6 Å². The standard InChI is InChI=1S/C18H20O4S/c1-5-22-18(19)14-8-6-7-9-16(14)23-17-12(2)10-13(20-3)11-15(17)21-4/h6-11H,5H2,1-4H3. The molecular weight excluding hydrogens is 312 g/mol. The van der Waals surface area contributed by atoms with Gasteiger partial charge in [-0.1, -0.05) is 23.9 Å². The highest BCUT2D eigenvalue weighted by atomic mass is 32.2. The van der Waals surface area contributed by atoms with Crippen LogP contribution in [0.4, 0.5) is 0 Å². The van der Waals surface area contributed by atoms with Crippen LogP contribution in [0.5, 0.6) is 11.5 Å². The summed E-state index contributed by atoms with van der Waals surface area (Å²) in [6.45, 7) is 4.13. The molecule has 0 bridgehead atoms. The van der Waals surface area contributed by atoms with E-state index in [4.69, 9.17) is 14.2 Å². The number of hydrogen-bond donors (Lipinski definition) is 0. The molecule has 2 aromatic rings. The second-order valence-electron chi connectivity index (χ2n) is 4.79. The van der Waals surface area contributed by atoms with Crippen LogP contribution in [0.3, 0.4) is 0 Å². The number of carbonyl (C=O) groups excluding carboxylic acids is 1. The van der Waals surface area contributed by atoms with Crippen molar-refractivity contribution in [3.8, 4) is 11.5 Å².